The molecule has 0 amide bonds. The van der Waals surface area contributed by atoms with E-state index in [-0.39, 0.29) is 18.6 Å². The lowest BCUT2D eigenvalue weighted by Gasteiger charge is -2.21. The van der Waals surface area contributed by atoms with E-state index in [9.17, 15) is 4.79 Å². The maximum atomic E-state index is 10.9. The van der Waals surface area contributed by atoms with Crippen molar-refractivity contribution in [2.45, 2.75) is 30.8 Å². The second-order valence-electron chi connectivity index (χ2n) is 4.64. The number of nitrogens with one attached hydrogen (secondary N) is 1. The van der Waals surface area contributed by atoms with Crippen molar-refractivity contribution < 1.29 is 15.0 Å². The lowest BCUT2D eigenvalue weighted by atomic mass is 9.87. The summed E-state index contributed by atoms with van der Waals surface area (Å²) < 4.78 is 0. The summed E-state index contributed by atoms with van der Waals surface area (Å²) in [6, 6.07) is 7.00. The number of aliphatic hydroxyl groups excluding tert-OH is 1. The van der Waals surface area contributed by atoms with E-state index in [1.54, 1.807) is 0 Å². The van der Waals surface area contributed by atoms with Crippen LogP contribution in [0.2, 0.25) is 0 Å². The Labute approximate surface area is 106 Å². The zero-order chi connectivity index (χ0) is 13.1. The Bertz CT molecular complexity index is 436. The van der Waals surface area contributed by atoms with Gasteiger partial charge in [-0.2, -0.15) is 0 Å². The second-order valence-corrected chi connectivity index (χ2v) is 4.64. The van der Waals surface area contributed by atoms with Gasteiger partial charge in [-0.1, -0.05) is 18.2 Å². The Balaban J connectivity index is 2.20. The van der Waals surface area contributed by atoms with Crippen molar-refractivity contribution in [1.29, 1.82) is 0 Å². The van der Waals surface area contributed by atoms with Crippen molar-refractivity contribution in [2.24, 2.45) is 5.73 Å². The number of benzene rings is 1. The van der Waals surface area contributed by atoms with Crippen molar-refractivity contribution in [3.63, 3.8) is 0 Å². The Hall–Kier alpha value is -1.59. The van der Waals surface area contributed by atoms with Crippen LogP contribution >= 0.6 is 0 Å². The Morgan fingerprint density at radius 1 is 1.44 bits per heavy atom. The Kier molecular flexibility index (Phi) is 3.84. The molecule has 5 heteroatoms. The molecule has 5 N–H and O–H groups in total. The molecule has 0 bridgehead atoms. The Morgan fingerprint density at radius 2 is 2.17 bits per heavy atom. The van der Waals surface area contributed by atoms with Crippen molar-refractivity contribution in [2.75, 3.05) is 11.9 Å². The molecule has 3 atom stereocenters. The predicted octanol–water partition coefficient (Wildman–Crippen LogP) is 0.749. The van der Waals surface area contributed by atoms with Crippen LogP contribution in [0.5, 0.6) is 0 Å². The molecule has 98 valence electrons. The van der Waals surface area contributed by atoms with Crippen LogP contribution in [0.3, 0.4) is 0 Å². The summed E-state index contributed by atoms with van der Waals surface area (Å²) in [4.78, 5) is 10.9. The molecule has 1 unspecified atom stereocenters. The molecule has 1 aliphatic rings. The molecule has 0 saturated carbocycles. The minimum Gasteiger partial charge on any atom is -0.480 e. The number of carbonyl (C=O) groups is 1. The third kappa shape index (κ3) is 2.47. The van der Waals surface area contributed by atoms with E-state index in [0.29, 0.717) is 12.8 Å². The van der Waals surface area contributed by atoms with Crippen molar-refractivity contribution in [1.82, 2.24) is 0 Å². The van der Waals surface area contributed by atoms with Crippen LogP contribution in [0.25, 0.3) is 0 Å². The van der Waals surface area contributed by atoms with Gasteiger partial charge >= 0.3 is 5.97 Å². The number of aliphatic carboxylic acids is 1. The number of hydrogen-bond donors (Lipinski definition) is 4. The highest BCUT2D eigenvalue weighted by atomic mass is 16.4. The largest absolute Gasteiger partial charge is 0.480 e. The summed E-state index contributed by atoms with van der Waals surface area (Å²) in [6.07, 6.45) is 0.968. The minimum atomic E-state index is -0.984. The first-order chi connectivity index (χ1) is 8.63. The number of rotatable bonds is 5. The van der Waals surface area contributed by atoms with Gasteiger partial charge in [0.2, 0.25) is 0 Å². The van der Waals surface area contributed by atoms with Crippen molar-refractivity contribution in [3.05, 3.63) is 29.8 Å². The van der Waals surface area contributed by atoms with Gasteiger partial charge in [-0.25, -0.2) is 0 Å². The lowest BCUT2D eigenvalue weighted by molar-refractivity contribution is -0.138. The molecule has 0 aliphatic carbocycles. The number of fused-ring (bicyclic) bond motifs is 1. The molecule has 0 saturated heterocycles. The van der Waals surface area contributed by atoms with E-state index in [1.807, 2.05) is 24.3 Å². The topological polar surface area (TPSA) is 95.6 Å². The number of carboxylic acid groups (broad SMARTS) is 1. The second kappa shape index (κ2) is 5.37. The summed E-state index contributed by atoms with van der Waals surface area (Å²) in [6.45, 7) is 0.0739. The molecule has 0 radical (unpaired) electrons. The molecule has 1 aromatic carbocycles. The number of anilines is 1. The predicted molar refractivity (Wildman–Crippen MR) is 68.5 cm³/mol. The molecule has 0 aromatic heterocycles. The monoisotopic (exact) mass is 250 g/mol. The molecule has 0 spiro atoms. The first-order valence-electron chi connectivity index (χ1n) is 6.08. The molecule has 1 heterocycles. The highest BCUT2D eigenvalue weighted by Crippen LogP contribution is 2.39. The minimum absolute atomic E-state index is 0.0412. The van der Waals surface area contributed by atoms with Crippen LogP contribution in [0.1, 0.15) is 24.3 Å². The van der Waals surface area contributed by atoms with E-state index in [0.717, 1.165) is 11.3 Å². The van der Waals surface area contributed by atoms with Gasteiger partial charge in [-0.3, -0.25) is 4.79 Å². The summed E-state index contributed by atoms with van der Waals surface area (Å²) >= 11 is 0. The average Bonchev–Trinajstić information content (AvgIpc) is 2.68. The van der Waals surface area contributed by atoms with E-state index in [1.165, 1.54) is 0 Å². The van der Waals surface area contributed by atoms with E-state index in [2.05, 4.69) is 5.32 Å². The third-order valence-electron chi connectivity index (χ3n) is 3.45. The quantitative estimate of drug-likeness (QED) is 0.618. The lowest BCUT2D eigenvalue weighted by Crippen LogP contribution is -2.35. The number of hydrogen-bond acceptors (Lipinski definition) is 4. The van der Waals surface area contributed by atoms with Crippen LogP contribution in [0.4, 0.5) is 5.69 Å². The van der Waals surface area contributed by atoms with Gasteiger partial charge in [0, 0.05) is 24.3 Å². The highest BCUT2D eigenvalue weighted by Gasteiger charge is 2.33. The van der Waals surface area contributed by atoms with E-state index in [4.69, 9.17) is 15.9 Å². The smallest absolute Gasteiger partial charge is 0.320 e. The SMILES string of the molecule is NC(C[C@@H]1c2ccccc2N[C@@H]1CCO)C(=O)O. The van der Waals surface area contributed by atoms with E-state index >= 15 is 0 Å². The molecule has 18 heavy (non-hydrogen) atoms. The molecule has 2 rings (SSSR count). The number of carboxylic acids is 1. The molecule has 5 nitrogen and oxygen atoms in total. The fourth-order valence-corrected chi connectivity index (χ4v) is 2.55. The fourth-order valence-electron chi connectivity index (χ4n) is 2.55. The van der Waals surface area contributed by atoms with Crippen molar-refractivity contribution >= 4 is 11.7 Å². The van der Waals surface area contributed by atoms with E-state index < -0.39 is 12.0 Å². The standard InChI is InChI=1S/C13H18N2O3/c14-10(13(17)18)7-9-8-3-1-2-4-11(8)15-12(9)5-6-16/h1-4,9-10,12,15-16H,5-7,14H2,(H,17,18)/t9-,10?,12-/m1/s1. The van der Waals surface area contributed by atoms with Crippen molar-refractivity contribution in [3.8, 4) is 0 Å². The summed E-state index contributed by atoms with van der Waals surface area (Å²) in [7, 11) is 0. The first kappa shape index (κ1) is 12.9. The zero-order valence-corrected chi connectivity index (χ0v) is 10.0. The molecule has 0 fully saturated rings. The van der Waals surface area contributed by atoms with Crippen LogP contribution in [-0.2, 0) is 4.79 Å². The summed E-state index contributed by atoms with van der Waals surface area (Å²) in [5, 5.41) is 21.3. The Morgan fingerprint density at radius 3 is 2.83 bits per heavy atom. The van der Waals surface area contributed by atoms with Gasteiger partial charge < -0.3 is 21.3 Å². The van der Waals surface area contributed by atoms with Crippen LogP contribution in [0, 0.1) is 0 Å². The zero-order valence-electron chi connectivity index (χ0n) is 10.0. The maximum absolute atomic E-state index is 10.9. The highest BCUT2D eigenvalue weighted by molar-refractivity contribution is 5.73. The third-order valence-corrected chi connectivity index (χ3v) is 3.45. The number of aliphatic hydroxyl groups is 1. The molecular formula is C13H18N2O3. The fraction of sp³-hybridized carbons (Fsp3) is 0.462. The molecule has 1 aromatic rings. The molecular weight excluding hydrogens is 232 g/mol. The van der Waals surface area contributed by atoms with Gasteiger partial charge in [-0.15, -0.1) is 0 Å². The number of nitrogens with two attached hydrogens (primary N) is 1. The summed E-state index contributed by atoms with van der Waals surface area (Å²) in [5.41, 5.74) is 7.72. The van der Waals surface area contributed by atoms with Gasteiger partial charge in [0.1, 0.15) is 6.04 Å². The van der Waals surface area contributed by atoms with Gasteiger partial charge in [0.05, 0.1) is 0 Å². The molecule has 1 aliphatic heterocycles. The number of para-hydroxylation sites is 1. The van der Waals surface area contributed by atoms with Crippen LogP contribution in [-0.4, -0.2) is 34.9 Å². The average molecular weight is 250 g/mol. The van der Waals surface area contributed by atoms with Crippen LogP contribution in [0.15, 0.2) is 24.3 Å². The van der Waals surface area contributed by atoms with Gasteiger partial charge in [0.25, 0.3) is 0 Å². The summed E-state index contributed by atoms with van der Waals surface area (Å²) in [5.74, 6) is -0.943. The maximum Gasteiger partial charge on any atom is 0.320 e. The van der Waals surface area contributed by atoms with Crippen LogP contribution < -0.4 is 11.1 Å². The van der Waals surface area contributed by atoms with Gasteiger partial charge in [0.15, 0.2) is 0 Å². The first-order valence-corrected chi connectivity index (χ1v) is 6.08. The normalized spacial score (nSPS) is 23.2. The van der Waals surface area contributed by atoms with Gasteiger partial charge in [-0.05, 0) is 24.5 Å².